The molecule has 1 aromatic rings. The number of nitrogens with zero attached hydrogens (tertiary/aromatic N) is 3. The van der Waals surface area contributed by atoms with E-state index in [9.17, 15) is 0 Å². The predicted molar refractivity (Wildman–Crippen MR) is 57.7 cm³/mol. The molecule has 15 heavy (non-hydrogen) atoms. The van der Waals surface area contributed by atoms with Crippen molar-refractivity contribution in [2.24, 2.45) is 5.92 Å². The van der Waals surface area contributed by atoms with Crippen molar-refractivity contribution in [3.05, 3.63) is 5.89 Å². The van der Waals surface area contributed by atoms with Crippen LogP contribution in [0.3, 0.4) is 0 Å². The summed E-state index contributed by atoms with van der Waals surface area (Å²) in [6, 6.07) is 0.634. The Morgan fingerprint density at radius 2 is 2.27 bits per heavy atom. The molecule has 1 aliphatic rings. The van der Waals surface area contributed by atoms with Crippen LogP contribution in [0.5, 0.6) is 0 Å². The zero-order valence-corrected chi connectivity index (χ0v) is 9.36. The first-order chi connectivity index (χ1) is 7.29. The quantitative estimate of drug-likeness (QED) is 0.760. The topological polar surface area (TPSA) is 54.2 Å². The van der Waals surface area contributed by atoms with Crippen LogP contribution >= 0.6 is 0 Å². The highest BCUT2D eigenvalue weighted by Crippen LogP contribution is 2.30. The summed E-state index contributed by atoms with van der Waals surface area (Å²) in [5.74, 6) is 1.49. The van der Waals surface area contributed by atoms with Crippen molar-refractivity contribution in [3.63, 3.8) is 0 Å². The highest BCUT2D eigenvalue weighted by atomic mass is 16.4. The highest BCUT2D eigenvalue weighted by Gasteiger charge is 2.24. The van der Waals surface area contributed by atoms with E-state index in [4.69, 9.17) is 4.42 Å². The molecule has 0 spiro atoms. The van der Waals surface area contributed by atoms with Gasteiger partial charge in [0.15, 0.2) is 0 Å². The molecule has 0 aliphatic heterocycles. The van der Waals surface area contributed by atoms with E-state index in [1.165, 1.54) is 12.8 Å². The minimum Gasteiger partial charge on any atom is -0.407 e. The SMILES string of the molecule is CCNCc1nnc(N(C)CC2CC2)o1. The van der Waals surface area contributed by atoms with E-state index in [2.05, 4.69) is 22.4 Å². The highest BCUT2D eigenvalue weighted by molar-refractivity contribution is 5.22. The molecular formula is C10H18N4O. The first kappa shape index (κ1) is 10.4. The van der Waals surface area contributed by atoms with Crippen LogP contribution < -0.4 is 10.2 Å². The van der Waals surface area contributed by atoms with Crippen molar-refractivity contribution in [3.8, 4) is 0 Å². The van der Waals surface area contributed by atoms with Gasteiger partial charge in [0.2, 0.25) is 5.89 Å². The maximum atomic E-state index is 5.52. The first-order valence-electron chi connectivity index (χ1n) is 5.54. The van der Waals surface area contributed by atoms with E-state index < -0.39 is 0 Å². The number of hydrogen-bond donors (Lipinski definition) is 1. The molecule has 0 aromatic carbocycles. The zero-order chi connectivity index (χ0) is 10.7. The van der Waals surface area contributed by atoms with Gasteiger partial charge < -0.3 is 14.6 Å². The van der Waals surface area contributed by atoms with Gasteiger partial charge in [-0.3, -0.25) is 0 Å². The van der Waals surface area contributed by atoms with Gasteiger partial charge in [0.25, 0.3) is 0 Å². The summed E-state index contributed by atoms with van der Waals surface area (Å²) in [6.45, 7) is 4.65. The molecule has 0 radical (unpaired) electrons. The van der Waals surface area contributed by atoms with E-state index in [1.54, 1.807) is 0 Å². The third-order valence-corrected chi connectivity index (χ3v) is 2.54. The molecule has 2 rings (SSSR count). The van der Waals surface area contributed by atoms with Gasteiger partial charge >= 0.3 is 6.01 Å². The van der Waals surface area contributed by atoms with Crippen molar-refractivity contribution < 1.29 is 4.42 Å². The lowest BCUT2D eigenvalue weighted by Crippen LogP contribution is -2.20. The Labute approximate surface area is 89.9 Å². The average molecular weight is 210 g/mol. The smallest absolute Gasteiger partial charge is 0.317 e. The number of aromatic nitrogens is 2. The Morgan fingerprint density at radius 1 is 1.47 bits per heavy atom. The Morgan fingerprint density at radius 3 is 2.93 bits per heavy atom. The Kier molecular flexibility index (Phi) is 3.20. The number of rotatable bonds is 6. The Hall–Kier alpha value is -1.10. The fraction of sp³-hybridized carbons (Fsp3) is 0.800. The van der Waals surface area contributed by atoms with Crippen LogP contribution in [-0.2, 0) is 6.54 Å². The van der Waals surface area contributed by atoms with Gasteiger partial charge in [-0.05, 0) is 25.3 Å². The van der Waals surface area contributed by atoms with Crippen molar-refractivity contribution in [2.45, 2.75) is 26.3 Å². The molecular weight excluding hydrogens is 192 g/mol. The van der Waals surface area contributed by atoms with Crippen molar-refractivity contribution >= 4 is 6.01 Å². The van der Waals surface area contributed by atoms with E-state index in [-0.39, 0.29) is 0 Å². The van der Waals surface area contributed by atoms with Crippen molar-refractivity contribution in [1.82, 2.24) is 15.5 Å². The van der Waals surface area contributed by atoms with Crippen molar-refractivity contribution in [2.75, 3.05) is 25.0 Å². The van der Waals surface area contributed by atoms with Gasteiger partial charge in [-0.25, -0.2) is 0 Å². The number of anilines is 1. The molecule has 1 N–H and O–H groups in total. The van der Waals surface area contributed by atoms with Crippen LogP contribution in [0.4, 0.5) is 6.01 Å². The lowest BCUT2D eigenvalue weighted by Gasteiger charge is -2.12. The maximum absolute atomic E-state index is 5.52. The van der Waals surface area contributed by atoms with Crippen LogP contribution in [0, 0.1) is 5.92 Å². The monoisotopic (exact) mass is 210 g/mol. The molecule has 0 unspecified atom stereocenters. The van der Waals surface area contributed by atoms with Crippen molar-refractivity contribution in [1.29, 1.82) is 0 Å². The van der Waals surface area contributed by atoms with Crippen LogP contribution in [0.1, 0.15) is 25.7 Å². The number of hydrogen-bond acceptors (Lipinski definition) is 5. The lowest BCUT2D eigenvalue weighted by atomic mass is 10.4. The fourth-order valence-corrected chi connectivity index (χ4v) is 1.47. The molecule has 0 amide bonds. The third kappa shape index (κ3) is 2.92. The van der Waals surface area contributed by atoms with Gasteiger partial charge in [0.1, 0.15) is 0 Å². The molecule has 0 bridgehead atoms. The third-order valence-electron chi connectivity index (χ3n) is 2.54. The summed E-state index contributed by atoms with van der Waals surface area (Å²) in [4.78, 5) is 2.04. The lowest BCUT2D eigenvalue weighted by molar-refractivity contribution is 0.467. The molecule has 1 fully saturated rings. The fourth-order valence-electron chi connectivity index (χ4n) is 1.47. The summed E-state index contributed by atoms with van der Waals surface area (Å²) in [6.07, 6.45) is 2.67. The van der Waals surface area contributed by atoms with E-state index >= 15 is 0 Å². The Bertz CT molecular complexity index is 308. The summed E-state index contributed by atoms with van der Waals surface area (Å²) < 4.78 is 5.52. The molecule has 1 heterocycles. The van der Waals surface area contributed by atoms with Gasteiger partial charge in [-0.2, -0.15) is 0 Å². The Balaban J connectivity index is 1.86. The first-order valence-corrected chi connectivity index (χ1v) is 5.54. The minimum atomic E-state index is 0.634. The van der Waals surface area contributed by atoms with Gasteiger partial charge in [-0.1, -0.05) is 12.0 Å². The second-order valence-corrected chi connectivity index (χ2v) is 4.08. The second-order valence-electron chi connectivity index (χ2n) is 4.08. The van der Waals surface area contributed by atoms with E-state index in [0.29, 0.717) is 18.5 Å². The summed E-state index contributed by atoms with van der Waals surface area (Å²) >= 11 is 0. The van der Waals surface area contributed by atoms with Crippen LogP contribution in [0.15, 0.2) is 4.42 Å². The van der Waals surface area contributed by atoms with Crippen LogP contribution in [-0.4, -0.2) is 30.3 Å². The summed E-state index contributed by atoms with van der Waals surface area (Å²) in [5, 5.41) is 11.2. The van der Waals surface area contributed by atoms with Gasteiger partial charge in [0.05, 0.1) is 6.54 Å². The average Bonchev–Trinajstić information content (AvgIpc) is 2.92. The minimum absolute atomic E-state index is 0.634. The van der Waals surface area contributed by atoms with E-state index in [1.807, 2.05) is 11.9 Å². The normalized spacial score (nSPS) is 15.6. The molecule has 5 nitrogen and oxygen atoms in total. The van der Waals surface area contributed by atoms with Gasteiger partial charge in [-0.15, -0.1) is 5.10 Å². The van der Waals surface area contributed by atoms with E-state index in [0.717, 1.165) is 19.0 Å². The van der Waals surface area contributed by atoms with Crippen LogP contribution in [0.25, 0.3) is 0 Å². The molecule has 1 saturated carbocycles. The standard InChI is InChI=1S/C10H18N4O/c1-3-11-6-9-12-13-10(15-9)14(2)7-8-4-5-8/h8,11H,3-7H2,1-2H3. The maximum Gasteiger partial charge on any atom is 0.317 e. The summed E-state index contributed by atoms with van der Waals surface area (Å²) in [5.41, 5.74) is 0. The predicted octanol–water partition coefficient (Wildman–Crippen LogP) is 1.03. The molecule has 84 valence electrons. The van der Waals surface area contributed by atoms with Crippen LogP contribution in [0.2, 0.25) is 0 Å². The molecule has 1 aromatic heterocycles. The second kappa shape index (κ2) is 4.61. The molecule has 1 aliphatic carbocycles. The molecule has 5 heteroatoms. The largest absolute Gasteiger partial charge is 0.407 e. The van der Waals surface area contributed by atoms with Gasteiger partial charge in [0, 0.05) is 13.6 Å². The molecule has 0 atom stereocenters. The zero-order valence-electron chi connectivity index (χ0n) is 9.36. The number of nitrogens with one attached hydrogen (secondary N) is 1. The molecule has 0 saturated heterocycles. The summed E-state index contributed by atoms with van der Waals surface area (Å²) in [7, 11) is 2.00.